The van der Waals surface area contributed by atoms with Crippen molar-refractivity contribution >= 4 is 50.0 Å². The maximum atomic E-state index is 13.5. The molecule has 0 amide bonds. The van der Waals surface area contributed by atoms with E-state index in [9.17, 15) is 35.1 Å². The number of hydrogen-bond donors (Lipinski definition) is 5. The van der Waals surface area contributed by atoms with E-state index in [1.165, 1.54) is 54.6 Å². The van der Waals surface area contributed by atoms with Gasteiger partial charge in [0, 0.05) is 23.5 Å². The molecule has 0 saturated heterocycles. The van der Waals surface area contributed by atoms with Crippen LogP contribution in [0.1, 0.15) is 44.2 Å². The van der Waals surface area contributed by atoms with Crippen LogP contribution in [0.5, 0.6) is 34.5 Å². The number of aromatic hydroxyl groups is 5. The van der Waals surface area contributed by atoms with E-state index in [1.54, 1.807) is 13.0 Å². The summed E-state index contributed by atoms with van der Waals surface area (Å²) < 4.78 is 18.3. The van der Waals surface area contributed by atoms with Crippen molar-refractivity contribution in [3.05, 3.63) is 97.8 Å². The number of phenols is 5. The van der Waals surface area contributed by atoms with Gasteiger partial charge in [0.05, 0.1) is 10.8 Å². The minimum atomic E-state index is -1.10. The van der Waals surface area contributed by atoms with Crippen LogP contribution in [0.25, 0.3) is 50.0 Å². The first-order valence-corrected chi connectivity index (χ1v) is 14.5. The van der Waals surface area contributed by atoms with E-state index >= 15 is 0 Å². The van der Waals surface area contributed by atoms with Crippen molar-refractivity contribution in [3.8, 4) is 34.5 Å². The first-order chi connectivity index (χ1) is 21.9. The highest BCUT2D eigenvalue weighted by molar-refractivity contribution is 6.00. The lowest BCUT2D eigenvalue weighted by molar-refractivity contribution is 0.109. The molecular weight excluding hydrogens is 592 g/mol. The van der Waals surface area contributed by atoms with Crippen LogP contribution in [0.15, 0.2) is 84.7 Å². The largest absolute Gasteiger partial charge is 0.507 e. The minimum absolute atomic E-state index is 0.0276. The number of ether oxygens (including phenoxy) is 1. The second kappa shape index (κ2) is 10.1. The third-order valence-corrected chi connectivity index (χ3v) is 8.36. The average Bonchev–Trinajstić information content (AvgIpc) is 2.99. The van der Waals surface area contributed by atoms with Crippen molar-refractivity contribution in [2.45, 2.75) is 38.7 Å². The fraction of sp³-hybridized carbons (Fsp3) is 0.167. The van der Waals surface area contributed by atoms with Crippen molar-refractivity contribution in [2.24, 2.45) is 0 Å². The zero-order valence-electron chi connectivity index (χ0n) is 24.9. The van der Waals surface area contributed by atoms with Gasteiger partial charge in [0.1, 0.15) is 27.9 Å². The van der Waals surface area contributed by atoms with E-state index < -0.39 is 28.0 Å². The third kappa shape index (κ3) is 4.33. The Bertz CT molecular complexity index is 2460. The number of phenolic OH excluding ortho intramolecular Hbond substituents is 5. The second-order valence-corrected chi connectivity index (χ2v) is 12.0. The smallest absolute Gasteiger partial charge is 0.204 e. The monoisotopic (exact) mass is 620 g/mol. The van der Waals surface area contributed by atoms with Crippen molar-refractivity contribution in [3.63, 3.8) is 0 Å². The normalized spacial score (nSPS) is 17.9. The molecule has 10 heteroatoms. The molecule has 3 heterocycles. The van der Waals surface area contributed by atoms with Gasteiger partial charge in [-0.2, -0.15) is 0 Å². The Morgan fingerprint density at radius 1 is 0.783 bits per heavy atom. The molecular formula is C36H28O10. The number of rotatable bonds is 3. The summed E-state index contributed by atoms with van der Waals surface area (Å²) in [7, 11) is 0. The number of para-hydroxylation sites is 2. The Morgan fingerprint density at radius 2 is 1.35 bits per heavy atom. The SMILES string of the molecule is CC(C)=C[C@H]1C[C@@](C)(/C=C/c2cc(O)c3c(=O)c4cccc(O)c4oc3c2O)Oc2c1cc(O)c1c(=O)c3cccc(O)c3oc21. The van der Waals surface area contributed by atoms with Crippen LogP contribution in [0.3, 0.4) is 0 Å². The lowest BCUT2D eigenvalue weighted by Crippen LogP contribution is -2.36. The van der Waals surface area contributed by atoms with Crippen molar-refractivity contribution in [1.29, 1.82) is 0 Å². The lowest BCUT2D eigenvalue weighted by atomic mass is 9.81. The molecule has 2 aromatic heterocycles. The van der Waals surface area contributed by atoms with E-state index in [0.29, 0.717) is 12.0 Å². The van der Waals surface area contributed by atoms with Crippen molar-refractivity contribution in [1.82, 2.24) is 0 Å². The zero-order chi connectivity index (χ0) is 32.7. The zero-order valence-corrected chi connectivity index (χ0v) is 24.9. The summed E-state index contributed by atoms with van der Waals surface area (Å²) >= 11 is 0. The molecule has 0 radical (unpaired) electrons. The summed E-state index contributed by atoms with van der Waals surface area (Å²) in [5.41, 5.74) is -1.07. The van der Waals surface area contributed by atoms with E-state index in [4.69, 9.17) is 13.6 Å². The van der Waals surface area contributed by atoms with Gasteiger partial charge in [0.15, 0.2) is 45.3 Å². The van der Waals surface area contributed by atoms with Gasteiger partial charge in [-0.3, -0.25) is 9.59 Å². The van der Waals surface area contributed by atoms with Gasteiger partial charge in [-0.25, -0.2) is 0 Å². The minimum Gasteiger partial charge on any atom is -0.507 e. The van der Waals surface area contributed by atoms with Crippen LogP contribution >= 0.6 is 0 Å². The first kappa shape index (κ1) is 28.8. The maximum Gasteiger partial charge on any atom is 0.204 e. The number of hydrogen-bond acceptors (Lipinski definition) is 10. The van der Waals surface area contributed by atoms with Crippen molar-refractivity contribution in [2.75, 3.05) is 0 Å². The standard InChI is InChI=1S/C36H28O10/c1-16(2)12-18-15-36(3,46-33-21(18)14-25(40)27-30(43)20-7-5-9-23(38)32(20)45-35(27)33)11-10-17-13-24(39)26-29(42)19-6-4-8-22(37)31(19)44-34(26)28(17)41/h4-14,18,37-41H,15H2,1-3H3/b11-10+/t18-,36+/m0/s1. The molecule has 2 atom stereocenters. The predicted molar refractivity (Wildman–Crippen MR) is 173 cm³/mol. The van der Waals surface area contributed by atoms with E-state index in [0.717, 1.165) is 5.57 Å². The summed E-state index contributed by atoms with van der Waals surface area (Å²) in [6, 6.07) is 11.4. The second-order valence-electron chi connectivity index (χ2n) is 12.0. The fourth-order valence-electron chi connectivity index (χ4n) is 6.28. The molecule has 6 aromatic rings. The van der Waals surface area contributed by atoms with Gasteiger partial charge in [-0.1, -0.05) is 29.9 Å². The van der Waals surface area contributed by atoms with Crippen LogP contribution < -0.4 is 15.6 Å². The molecule has 7 rings (SSSR count). The summed E-state index contributed by atoms with van der Waals surface area (Å²) in [5, 5.41) is 53.6. The summed E-state index contributed by atoms with van der Waals surface area (Å²) in [4.78, 5) is 26.6. The molecule has 0 bridgehead atoms. The summed E-state index contributed by atoms with van der Waals surface area (Å²) in [6.45, 7) is 5.65. The van der Waals surface area contributed by atoms with Gasteiger partial charge in [-0.05, 0) is 63.2 Å². The molecule has 0 unspecified atom stereocenters. The quantitative estimate of drug-likeness (QED) is 0.0785. The van der Waals surface area contributed by atoms with Gasteiger partial charge in [-0.15, -0.1) is 0 Å². The molecule has 0 aliphatic carbocycles. The number of fused-ring (bicyclic) bond motifs is 6. The number of allylic oxidation sites excluding steroid dienone is 2. The van der Waals surface area contributed by atoms with E-state index in [1.807, 2.05) is 19.9 Å². The van der Waals surface area contributed by atoms with Gasteiger partial charge < -0.3 is 39.1 Å². The predicted octanol–water partition coefficient (Wildman–Crippen LogP) is 7.04. The van der Waals surface area contributed by atoms with Crippen LogP contribution in [-0.2, 0) is 0 Å². The third-order valence-electron chi connectivity index (χ3n) is 8.36. The van der Waals surface area contributed by atoms with Gasteiger partial charge in [0.25, 0.3) is 0 Å². The average molecular weight is 621 g/mol. The first-order valence-electron chi connectivity index (χ1n) is 14.5. The Labute approximate surface area is 259 Å². The molecule has 5 N–H and O–H groups in total. The Kier molecular flexibility index (Phi) is 6.31. The van der Waals surface area contributed by atoms with Crippen molar-refractivity contribution < 1.29 is 39.1 Å². The van der Waals surface area contributed by atoms with Crippen LogP contribution in [0, 0.1) is 0 Å². The van der Waals surface area contributed by atoms with E-state index in [-0.39, 0.29) is 78.4 Å². The molecule has 232 valence electrons. The molecule has 46 heavy (non-hydrogen) atoms. The Balaban J connectivity index is 1.41. The van der Waals surface area contributed by atoms with E-state index in [2.05, 4.69) is 0 Å². The van der Waals surface area contributed by atoms with Crippen LogP contribution in [-0.4, -0.2) is 31.1 Å². The molecule has 0 spiro atoms. The summed E-state index contributed by atoms with van der Waals surface area (Å²) in [5.74, 6) is -1.79. The summed E-state index contributed by atoms with van der Waals surface area (Å²) in [6.07, 6.45) is 5.53. The Morgan fingerprint density at radius 3 is 1.96 bits per heavy atom. The molecule has 4 aromatic carbocycles. The maximum absolute atomic E-state index is 13.5. The Hall–Kier alpha value is -5.90. The highest BCUT2D eigenvalue weighted by atomic mass is 16.5. The van der Waals surface area contributed by atoms with Gasteiger partial charge >= 0.3 is 0 Å². The molecule has 0 fully saturated rings. The van der Waals surface area contributed by atoms with Gasteiger partial charge in [0.2, 0.25) is 10.9 Å². The lowest BCUT2D eigenvalue weighted by Gasteiger charge is -2.37. The molecule has 0 saturated carbocycles. The fourth-order valence-corrected chi connectivity index (χ4v) is 6.28. The highest BCUT2D eigenvalue weighted by Gasteiger charge is 2.38. The van der Waals surface area contributed by atoms with Crippen LogP contribution in [0.4, 0.5) is 0 Å². The number of benzene rings is 4. The topological polar surface area (TPSA) is 171 Å². The van der Waals surface area contributed by atoms with Crippen LogP contribution in [0.2, 0.25) is 0 Å². The molecule has 1 aliphatic rings. The molecule has 1 aliphatic heterocycles. The highest BCUT2D eigenvalue weighted by Crippen LogP contribution is 2.49. The molecule has 10 nitrogen and oxygen atoms in total.